The molecular formula is C12H18O5. The van der Waals surface area contributed by atoms with Crippen LogP contribution in [-0.2, 0) is 19.1 Å². The van der Waals surface area contributed by atoms with Crippen LogP contribution in [0.2, 0.25) is 0 Å². The molecular weight excluding hydrogens is 224 g/mol. The Kier molecular flexibility index (Phi) is 6.89. The number of rotatable bonds is 4. The largest absolute Gasteiger partial charge is 0.478 e. The van der Waals surface area contributed by atoms with Crippen molar-refractivity contribution in [2.75, 3.05) is 13.2 Å². The van der Waals surface area contributed by atoms with E-state index in [2.05, 4.69) is 6.58 Å². The number of carbonyl (C=O) groups excluding carboxylic acids is 1. The van der Waals surface area contributed by atoms with Crippen LogP contribution in [0.25, 0.3) is 0 Å². The number of epoxide rings is 1. The van der Waals surface area contributed by atoms with Crippen molar-refractivity contribution < 1.29 is 24.2 Å². The van der Waals surface area contributed by atoms with E-state index in [0.717, 1.165) is 6.61 Å². The summed E-state index contributed by atoms with van der Waals surface area (Å²) >= 11 is 0. The fraction of sp³-hybridized carbons (Fsp3) is 0.500. The van der Waals surface area contributed by atoms with E-state index in [1.165, 1.54) is 6.92 Å². The first kappa shape index (κ1) is 15.4. The highest BCUT2D eigenvalue weighted by Crippen LogP contribution is 2.09. The molecule has 0 saturated carbocycles. The summed E-state index contributed by atoms with van der Waals surface area (Å²) in [7, 11) is 0. The van der Waals surface area contributed by atoms with Gasteiger partial charge in [0, 0.05) is 11.1 Å². The van der Waals surface area contributed by atoms with Crippen LogP contribution in [0.5, 0.6) is 0 Å². The Labute approximate surface area is 101 Å². The van der Waals surface area contributed by atoms with E-state index in [0.29, 0.717) is 12.2 Å². The quantitative estimate of drug-likeness (QED) is 0.459. The van der Waals surface area contributed by atoms with Crippen LogP contribution < -0.4 is 0 Å². The van der Waals surface area contributed by atoms with Gasteiger partial charge in [0.1, 0.15) is 12.7 Å². The second kappa shape index (κ2) is 7.62. The summed E-state index contributed by atoms with van der Waals surface area (Å²) in [5.41, 5.74) is 0.820. The fourth-order valence-corrected chi connectivity index (χ4v) is 0.565. The summed E-state index contributed by atoms with van der Waals surface area (Å²) in [5.74, 6) is -1.18. The van der Waals surface area contributed by atoms with E-state index in [9.17, 15) is 9.59 Å². The molecule has 1 heterocycles. The first-order valence-electron chi connectivity index (χ1n) is 5.19. The fourth-order valence-electron chi connectivity index (χ4n) is 0.565. The molecule has 1 fully saturated rings. The van der Waals surface area contributed by atoms with Gasteiger partial charge in [-0.05, 0) is 20.8 Å². The van der Waals surface area contributed by atoms with Crippen molar-refractivity contribution >= 4 is 11.9 Å². The molecule has 1 unspecified atom stereocenters. The highest BCUT2D eigenvalue weighted by molar-refractivity contribution is 5.87. The van der Waals surface area contributed by atoms with Gasteiger partial charge < -0.3 is 14.6 Å². The number of hydrogen-bond donors (Lipinski definition) is 1. The van der Waals surface area contributed by atoms with Crippen LogP contribution in [-0.4, -0.2) is 36.4 Å². The molecule has 0 spiro atoms. The van der Waals surface area contributed by atoms with Crippen molar-refractivity contribution in [1.82, 2.24) is 0 Å². The number of hydrogen-bond acceptors (Lipinski definition) is 4. The molecule has 5 nitrogen and oxygen atoms in total. The second-order valence-electron chi connectivity index (χ2n) is 3.61. The molecule has 1 aliphatic heterocycles. The first-order chi connectivity index (χ1) is 7.88. The number of allylic oxidation sites excluding steroid dienone is 1. The zero-order valence-corrected chi connectivity index (χ0v) is 10.4. The summed E-state index contributed by atoms with van der Waals surface area (Å²) in [4.78, 5) is 20.6. The molecule has 0 aliphatic carbocycles. The minimum atomic E-state index is -0.935. The highest BCUT2D eigenvalue weighted by atomic mass is 16.6. The average Bonchev–Trinajstić information content (AvgIpc) is 3.09. The number of carbonyl (C=O) groups is 2. The first-order valence-corrected chi connectivity index (χ1v) is 5.19. The van der Waals surface area contributed by atoms with Crippen molar-refractivity contribution in [3.05, 3.63) is 23.8 Å². The smallest absolute Gasteiger partial charge is 0.333 e. The van der Waals surface area contributed by atoms with Crippen LogP contribution >= 0.6 is 0 Å². The molecule has 0 radical (unpaired) electrons. The topological polar surface area (TPSA) is 76.1 Å². The van der Waals surface area contributed by atoms with Crippen LogP contribution in [0.15, 0.2) is 23.8 Å². The van der Waals surface area contributed by atoms with Gasteiger partial charge in [0.25, 0.3) is 0 Å². The molecule has 1 rings (SSSR count). The Morgan fingerprint density at radius 1 is 1.53 bits per heavy atom. The Bertz CT molecular complexity index is 314. The van der Waals surface area contributed by atoms with Crippen LogP contribution in [0.1, 0.15) is 20.8 Å². The van der Waals surface area contributed by atoms with Crippen molar-refractivity contribution in [3.8, 4) is 0 Å². The normalized spacial score (nSPS) is 17.6. The molecule has 1 N–H and O–H groups in total. The predicted octanol–water partition coefficient (Wildman–Crippen LogP) is 1.54. The van der Waals surface area contributed by atoms with E-state index in [-0.39, 0.29) is 17.6 Å². The summed E-state index contributed by atoms with van der Waals surface area (Å²) in [6.07, 6.45) is 1.89. The van der Waals surface area contributed by atoms with Gasteiger partial charge in [-0.25, -0.2) is 9.59 Å². The Hall–Kier alpha value is -1.62. The average molecular weight is 242 g/mol. The summed E-state index contributed by atoms with van der Waals surface area (Å²) in [6.45, 7) is 9.26. The highest BCUT2D eigenvalue weighted by Gasteiger charge is 2.24. The minimum absolute atomic E-state index is 0.156. The van der Waals surface area contributed by atoms with Gasteiger partial charge in [0.2, 0.25) is 0 Å². The van der Waals surface area contributed by atoms with Gasteiger partial charge in [-0.3, -0.25) is 0 Å². The van der Waals surface area contributed by atoms with Gasteiger partial charge in [-0.1, -0.05) is 12.7 Å². The Balaban J connectivity index is 0.000000366. The maximum atomic E-state index is 11.0. The number of ether oxygens (including phenoxy) is 2. The maximum Gasteiger partial charge on any atom is 0.333 e. The van der Waals surface area contributed by atoms with Crippen LogP contribution in [0.3, 0.4) is 0 Å². The van der Waals surface area contributed by atoms with Gasteiger partial charge in [-0.2, -0.15) is 0 Å². The molecule has 0 aromatic carbocycles. The summed E-state index contributed by atoms with van der Waals surface area (Å²) in [5, 5.41) is 7.89. The van der Waals surface area contributed by atoms with E-state index in [1.54, 1.807) is 13.0 Å². The molecule has 1 aliphatic rings. The second-order valence-corrected chi connectivity index (χ2v) is 3.61. The number of carboxylic acids is 1. The van der Waals surface area contributed by atoms with Gasteiger partial charge in [0.15, 0.2) is 0 Å². The molecule has 1 atom stereocenters. The lowest BCUT2D eigenvalue weighted by atomic mass is 10.3. The third-order valence-electron chi connectivity index (χ3n) is 1.92. The van der Waals surface area contributed by atoms with Crippen molar-refractivity contribution in [2.45, 2.75) is 26.9 Å². The van der Waals surface area contributed by atoms with Crippen molar-refractivity contribution in [3.63, 3.8) is 0 Å². The van der Waals surface area contributed by atoms with Gasteiger partial charge in [0.05, 0.1) is 6.61 Å². The third-order valence-corrected chi connectivity index (χ3v) is 1.92. The van der Waals surface area contributed by atoms with E-state index >= 15 is 0 Å². The maximum absolute atomic E-state index is 11.0. The summed E-state index contributed by atoms with van der Waals surface area (Å²) in [6, 6.07) is 0. The Morgan fingerprint density at radius 2 is 2.00 bits per heavy atom. The molecule has 17 heavy (non-hydrogen) atoms. The lowest BCUT2D eigenvalue weighted by Gasteiger charge is -2.00. The zero-order valence-electron chi connectivity index (χ0n) is 10.4. The SMILES string of the molecule is C=C(C)C(=O)O.CC=C(C)C(=O)OCC1CO1. The van der Waals surface area contributed by atoms with Gasteiger partial charge in [-0.15, -0.1) is 0 Å². The number of esters is 1. The van der Waals surface area contributed by atoms with E-state index in [1.807, 2.05) is 6.92 Å². The molecule has 5 heteroatoms. The lowest BCUT2D eigenvalue weighted by molar-refractivity contribution is -0.139. The summed E-state index contributed by atoms with van der Waals surface area (Å²) < 4.78 is 9.76. The Morgan fingerprint density at radius 3 is 2.29 bits per heavy atom. The van der Waals surface area contributed by atoms with E-state index in [4.69, 9.17) is 14.6 Å². The monoisotopic (exact) mass is 242 g/mol. The minimum Gasteiger partial charge on any atom is -0.478 e. The third kappa shape index (κ3) is 8.21. The van der Waals surface area contributed by atoms with E-state index < -0.39 is 5.97 Å². The van der Waals surface area contributed by atoms with Gasteiger partial charge >= 0.3 is 11.9 Å². The predicted molar refractivity (Wildman–Crippen MR) is 62.6 cm³/mol. The van der Waals surface area contributed by atoms with Crippen molar-refractivity contribution in [2.24, 2.45) is 0 Å². The molecule has 0 amide bonds. The molecule has 0 bridgehead atoms. The lowest BCUT2D eigenvalue weighted by Crippen LogP contribution is -2.10. The zero-order chi connectivity index (χ0) is 13.4. The standard InChI is InChI=1S/C8H12O3.C4H6O2/c1-3-6(2)8(9)11-5-7-4-10-7;1-3(2)4(5)6/h3,7H,4-5H2,1-2H3;1H2,2H3,(H,5,6). The molecule has 96 valence electrons. The molecule has 1 saturated heterocycles. The van der Waals surface area contributed by atoms with Crippen LogP contribution in [0.4, 0.5) is 0 Å². The number of carboxylic acid groups (broad SMARTS) is 1. The van der Waals surface area contributed by atoms with Crippen molar-refractivity contribution in [1.29, 1.82) is 0 Å². The number of aliphatic carboxylic acids is 1. The molecule has 0 aromatic heterocycles. The molecule has 0 aromatic rings. The van der Waals surface area contributed by atoms with Crippen LogP contribution in [0, 0.1) is 0 Å².